The lowest BCUT2D eigenvalue weighted by molar-refractivity contribution is 0.909. The lowest BCUT2D eigenvalue weighted by Crippen LogP contribution is -2.03. The topological polar surface area (TPSA) is 17.8 Å². The molecule has 1 aromatic heterocycles. The van der Waals surface area contributed by atoms with Crippen LogP contribution < -0.4 is 0 Å². The van der Waals surface area contributed by atoms with Crippen molar-refractivity contribution in [3.8, 4) is 5.69 Å². The zero-order valence-electron chi connectivity index (χ0n) is 11.4. The van der Waals surface area contributed by atoms with Gasteiger partial charge in [-0.2, -0.15) is 0 Å². The number of benzene rings is 2. The second-order valence-electron chi connectivity index (χ2n) is 4.89. The SMILES string of the molecule is Cc1ccc2c(c1)nc(CCCl)n2-c1ccc(Cl)cc1Br. The molecule has 3 aromatic rings. The Hall–Kier alpha value is -1.03. The number of aryl methyl sites for hydroxylation is 2. The van der Waals surface area contributed by atoms with Gasteiger partial charge in [0.15, 0.2) is 0 Å². The van der Waals surface area contributed by atoms with E-state index in [1.165, 1.54) is 5.56 Å². The van der Waals surface area contributed by atoms with Gasteiger partial charge in [0.1, 0.15) is 5.82 Å². The molecular weight excluding hydrogens is 371 g/mol. The molecule has 0 fully saturated rings. The molecule has 3 rings (SSSR count). The van der Waals surface area contributed by atoms with E-state index in [1.807, 2.05) is 18.2 Å². The molecule has 2 aromatic carbocycles. The summed E-state index contributed by atoms with van der Waals surface area (Å²) < 4.78 is 3.07. The van der Waals surface area contributed by atoms with Gasteiger partial charge in [-0.15, -0.1) is 11.6 Å². The van der Waals surface area contributed by atoms with Gasteiger partial charge < -0.3 is 0 Å². The molecule has 5 heteroatoms. The number of halogens is 3. The van der Waals surface area contributed by atoms with Crippen molar-refractivity contribution in [2.24, 2.45) is 0 Å². The molecule has 2 nitrogen and oxygen atoms in total. The molecule has 0 spiro atoms. The molecule has 0 atom stereocenters. The Balaban J connectivity index is 2.30. The number of hydrogen-bond acceptors (Lipinski definition) is 1. The molecular formula is C16H13BrCl2N2. The third-order valence-corrected chi connectivity index (χ3v) is 4.41. The van der Waals surface area contributed by atoms with Crippen LogP contribution >= 0.6 is 39.1 Å². The summed E-state index contributed by atoms with van der Waals surface area (Å²) in [5.74, 6) is 1.49. The van der Waals surface area contributed by atoms with Gasteiger partial charge in [-0.1, -0.05) is 17.7 Å². The minimum Gasteiger partial charge on any atom is -0.295 e. The van der Waals surface area contributed by atoms with Crippen LogP contribution in [0.2, 0.25) is 5.02 Å². The average Bonchev–Trinajstić information content (AvgIpc) is 2.76. The van der Waals surface area contributed by atoms with Gasteiger partial charge in [-0.3, -0.25) is 4.57 Å². The fraction of sp³-hybridized carbons (Fsp3) is 0.188. The molecule has 0 aliphatic carbocycles. The van der Waals surface area contributed by atoms with Crippen LogP contribution in [0.5, 0.6) is 0 Å². The highest BCUT2D eigenvalue weighted by Gasteiger charge is 2.14. The molecule has 0 saturated carbocycles. The fourth-order valence-corrected chi connectivity index (χ4v) is 3.45. The summed E-state index contributed by atoms with van der Waals surface area (Å²) >= 11 is 15.6. The predicted octanol–water partition coefficient (Wildman–Crippen LogP) is 5.53. The van der Waals surface area contributed by atoms with Crippen LogP contribution in [0.3, 0.4) is 0 Å². The molecule has 0 N–H and O–H groups in total. The summed E-state index contributed by atoms with van der Waals surface area (Å²) in [6, 6.07) is 12.0. The number of fused-ring (bicyclic) bond motifs is 1. The second kappa shape index (κ2) is 5.99. The van der Waals surface area contributed by atoms with Crippen molar-refractivity contribution in [2.45, 2.75) is 13.3 Å². The molecule has 0 saturated heterocycles. The lowest BCUT2D eigenvalue weighted by Gasteiger charge is -2.11. The molecule has 0 bridgehead atoms. The van der Waals surface area contributed by atoms with Gasteiger partial charge in [-0.25, -0.2) is 4.98 Å². The fourth-order valence-electron chi connectivity index (χ4n) is 2.42. The first-order valence-corrected chi connectivity index (χ1v) is 8.30. The Morgan fingerprint density at radius 2 is 2.00 bits per heavy atom. The van der Waals surface area contributed by atoms with E-state index in [2.05, 4.69) is 45.6 Å². The van der Waals surface area contributed by atoms with Crippen molar-refractivity contribution in [3.05, 3.63) is 57.3 Å². The standard InChI is InChI=1S/C16H13BrCl2N2/c1-10-2-4-15-13(8-10)20-16(6-7-18)21(15)14-5-3-11(19)9-12(14)17/h2-5,8-9H,6-7H2,1H3. The van der Waals surface area contributed by atoms with Crippen molar-refractivity contribution in [1.29, 1.82) is 0 Å². The average molecular weight is 384 g/mol. The summed E-state index contributed by atoms with van der Waals surface area (Å²) in [5.41, 5.74) is 4.27. The summed E-state index contributed by atoms with van der Waals surface area (Å²) in [6.07, 6.45) is 0.713. The summed E-state index contributed by atoms with van der Waals surface area (Å²) in [5, 5.41) is 0.699. The van der Waals surface area contributed by atoms with Crippen LogP contribution in [0.25, 0.3) is 16.7 Å². The van der Waals surface area contributed by atoms with Crippen molar-refractivity contribution in [1.82, 2.24) is 9.55 Å². The zero-order chi connectivity index (χ0) is 15.0. The van der Waals surface area contributed by atoms with E-state index in [-0.39, 0.29) is 0 Å². The third kappa shape index (κ3) is 2.83. The first kappa shape index (κ1) is 14.9. The van der Waals surface area contributed by atoms with Gasteiger partial charge >= 0.3 is 0 Å². The monoisotopic (exact) mass is 382 g/mol. The summed E-state index contributed by atoms with van der Waals surface area (Å²) in [4.78, 5) is 4.73. The van der Waals surface area contributed by atoms with Crippen LogP contribution in [-0.2, 0) is 6.42 Å². The van der Waals surface area contributed by atoms with Crippen LogP contribution in [0, 0.1) is 6.92 Å². The largest absolute Gasteiger partial charge is 0.295 e. The second-order valence-corrected chi connectivity index (χ2v) is 6.56. The van der Waals surface area contributed by atoms with Crippen molar-refractivity contribution in [3.63, 3.8) is 0 Å². The van der Waals surface area contributed by atoms with Crippen molar-refractivity contribution >= 4 is 50.2 Å². The number of rotatable bonds is 3. The minimum absolute atomic E-state index is 0.535. The maximum Gasteiger partial charge on any atom is 0.115 e. The van der Waals surface area contributed by atoms with Crippen LogP contribution in [0.1, 0.15) is 11.4 Å². The summed E-state index contributed by atoms with van der Waals surface area (Å²) in [7, 11) is 0. The lowest BCUT2D eigenvalue weighted by atomic mass is 10.2. The smallest absolute Gasteiger partial charge is 0.115 e. The van der Waals surface area contributed by atoms with Gasteiger partial charge in [0.2, 0.25) is 0 Å². The highest BCUT2D eigenvalue weighted by atomic mass is 79.9. The third-order valence-electron chi connectivity index (χ3n) is 3.35. The number of aromatic nitrogens is 2. The quantitative estimate of drug-likeness (QED) is 0.543. The van der Waals surface area contributed by atoms with E-state index in [9.17, 15) is 0 Å². The first-order chi connectivity index (χ1) is 10.1. The van der Waals surface area contributed by atoms with E-state index in [0.717, 1.165) is 27.0 Å². The highest BCUT2D eigenvalue weighted by Crippen LogP contribution is 2.30. The van der Waals surface area contributed by atoms with Crippen LogP contribution in [-0.4, -0.2) is 15.4 Å². The Kier molecular flexibility index (Phi) is 4.25. The Morgan fingerprint density at radius 3 is 2.71 bits per heavy atom. The van der Waals surface area contributed by atoms with Gasteiger partial charge in [0.05, 0.1) is 16.7 Å². The Bertz CT molecular complexity index is 811. The molecule has 0 radical (unpaired) electrons. The summed E-state index contributed by atoms with van der Waals surface area (Å²) in [6.45, 7) is 2.07. The van der Waals surface area contributed by atoms with Crippen molar-refractivity contribution < 1.29 is 0 Å². The van der Waals surface area contributed by atoms with E-state index in [1.54, 1.807) is 0 Å². The maximum atomic E-state index is 6.04. The van der Waals surface area contributed by atoms with Gasteiger partial charge in [-0.05, 0) is 58.7 Å². The zero-order valence-corrected chi connectivity index (χ0v) is 14.5. The number of imidazole rings is 1. The molecule has 1 heterocycles. The number of hydrogen-bond donors (Lipinski definition) is 0. The Labute approximate surface area is 141 Å². The van der Waals surface area contributed by atoms with E-state index in [4.69, 9.17) is 28.2 Å². The van der Waals surface area contributed by atoms with Crippen molar-refractivity contribution in [2.75, 3.05) is 5.88 Å². The van der Waals surface area contributed by atoms with Gasteiger partial charge in [0.25, 0.3) is 0 Å². The van der Waals surface area contributed by atoms with E-state index in [0.29, 0.717) is 17.3 Å². The molecule has 21 heavy (non-hydrogen) atoms. The molecule has 0 aliphatic rings. The number of nitrogens with zero attached hydrogens (tertiary/aromatic N) is 2. The molecule has 0 amide bonds. The predicted molar refractivity (Wildman–Crippen MR) is 92.9 cm³/mol. The van der Waals surface area contributed by atoms with Gasteiger partial charge in [0, 0.05) is 21.8 Å². The molecule has 0 unspecified atom stereocenters. The van der Waals surface area contributed by atoms with E-state index >= 15 is 0 Å². The maximum absolute atomic E-state index is 6.04. The normalized spacial score (nSPS) is 11.2. The Morgan fingerprint density at radius 1 is 1.19 bits per heavy atom. The van der Waals surface area contributed by atoms with Crippen LogP contribution in [0.15, 0.2) is 40.9 Å². The minimum atomic E-state index is 0.535. The van der Waals surface area contributed by atoms with Crippen LogP contribution in [0.4, 0.5) is 0 Å². The number of alkyl halides is 1. The highest BCUT2D eigenvalue weighted by molar-refractivity contribution is 9.10. The molecule has 108 valence electrons. The molecule has 0 aliphatic heterocycles. The first-order valence-electron chi connectivity index (χ1n) is 6.59. The van der Waals surface area contributed by atoms with E-state index < -0.39 is 0 Å².